The normalized spacial score (nSPS) is 15.4. The number of carbonyl (C=O) groups is 1. The van der Waals surface area contributed by atoms with E-state index in [-0.39, 0.29) is 11.8 Å². The van der Waals surface area contributed by atoms with Crippen molar-refractivity contribution in [2.24, 2.45) is 5.92 Å². The molecule has 1 aliphatic heterocycles. The van der Waals surface area contributed by atoms with Crippen molar-refractivity contribution in [3.63, 3.8) is 0 Å². The number of amides is 1. The van der Waals surface area contributed by atoms with Crippen LogP contribution in [-0.4, -0.2) is 40.6 Å². The Bertz CT molecular complexity index is 887. The minimum atomic E-state index is -0.304. The predicted octanol–water partition coefficient (Wildman–Crippen LogP) is 3.38. The Hall–Kier alpha value is -2.99. The number of nitrogens with one attached hydrogen (secondary N) is 1. The first-order valence-corrected chi connectivity index (χ1v) is 9.71. The van der Waals surface area contributed by atoms with E-state index in [4.69, 9.17) is 4.52 Å². The summed E-state index contributed by atoms with van der Waals surface area (Å²) in [5, 5.41) is 6.84. The van der Waals surface area contributed by atoms with Gasteiger partial charge in [0.1, 0.15) is 0 Å². The van der Waals surface area contributed by atoms with Crippen molar-refractivity contribution in [2.75, 3.05) is 19.6 Å². The van der Waals surface area contributed by atoms with Crippen LogP contribution in [0.1, 0.15) is 29.1 Å². The van der Waals surface area contributed by atoms with Crippen LogP contribution in [0.4, 0.5) is 0 Å². The van der Waals surface area contributed by atoms with Gasteiger partial charge in [-0.1, -0.05) is 65.8 Å². The lowest BCUT2D eigenvalue weighted by Crippen LogP contribution is -2.38. The Morgan fingerprint density at radius 1 is 1.04 bits per heavy atom. The summed E-state index contributed by atoms with van der Waals surface area (Å²) in [6.07, 6.45) is 2.15. The molecule has 2 aromatic carbocycles. The molecule has 0 unspecified atom stereocenters. The first kappa shape index (κ1) is 18.4. The summed E-state index contributed by atoms with van der Waals surface area (Å²) >= 11 is 0. The van der Waals surface area contributed by atoms with Gasteiger partial charge in [0.2, 0.25) is 5.82 Å². The van der Waals surface area contributed by atoms with Gasteiger partial charge in [-0.3, -0.25) is 9.69 Å². The lowest BCUT2D eigenvalue weighted by Gasteiger charge is -2.31. The van der Waals surface area contributed by atoms with E-state index in [1.807, 2.05) is 36.4 Å². The molecule has 1 aromatic heterocycles. The van der Waals surface area contributed by atoms with Crippen LogP contribution in [-0.2, 0) is 6.54 Å². The van der Waals surface area contributed by atoms with Gasteiger partial charge in [-0.25, -0.2) is 0 Å². The van der Waals surface area contributed by atoms with Crippen LogP contribution >= 0.6 is 0 Å². The third-order valence-corrected chi connectivity index (χ3v) is 5.16. The van der Waals surface area contributed by atoms with Gasteiger partial charge < -0.3 is 9.84 Å². The quantitative estimate of drug-likeness (QED) is 0.714. The van der Waals surface area contributed by atoms with Crippen molar-refractivity contribution >= 4 is 5.91 Å². The average molecular weight is 376 g/mol. The first-order valence-electron chi connectivity index (χ1n) is 9.71. The number of hydrogen-bond donors (Lipinski definition) is 1. The van der Waals surface area contributed by atoms with Crippen molar-refractivity contribution in [3.8, 4) is 11.4 Å². The molecule has 2 heterocycles. The Morgan fingerprint density at radius 3 is 2.43 bits per heavy atom. The Balaban J connectivity index is 1.23. The van der Waals surface area contributed by atoms with Crippen molar-refractivity contribution < 1.29 is 9.32 Å². The zero-order valence-electron chi connectivity index (χ0n) is 15.8. The van der Waals surface area contributed by atoms with Crippen LogP contribution in [0.5, 0.6) is 0 Å². The number of nitrogens with zero attached hydrogens (tertiary/aromatic N) is 3. The zero-order chi connectivity index (χ0) is 19.2. The van der Waals surface area contributed by atoms with Gasteiger partial charge in [-0.05, 0) is 37.4 Å². The lowest BCUT2D eigenvalue weighted by molar-refractivity contribution is 0.0891. The van der Waals surface area contributed by atoms with Crippen LogP contribution in [0.15, 0.2) is 65.2 Å². The van der Waals surface area contributed by atoms with Crippen molar-refractivity contribution in [1.82, 2.24) is 20.4 Å². The Labute approximate surface area is 164 Å². The fraction of sp³-hybridized carbons (Fsp3) is 0.318. The van der Waals surface area contributed by atoms with E-state index in [1.54, 1.807) is 0 Å². The summed E-state index contributed by atoms with van der Waals surface area (Å²) in [6.45, 7) is 3.73. The predicted molar refractivity (Wildman–Crippen MR) is 107 cm³/mol. The standard InChI is InChI=1S/C22H24N4O2/c27-21(22-24-20(25-28-22)19-9-5-2-6-10-19)23-15-17-11-13-26(14-12-17)16-18-7-3-1-4-8-18/h1-10,17H,11-16H2,(H,23,27). The van der Waals surface area contributed by atoms with E-state index in [0.717, 1.165) is 38.0 Å². The molecule has 1 saturated heterocycles. The van der Waals surface area contributed by atoms with Crippen LogP contribution in [0.25, 0.3) is 11.4 Å². The van der Waals surface area contributed by atoms with Crippen molar-refractivity contribution in [3.05, 3.63) is 72.1 Å². The maximum Gasteiger partial charge on any atom is 0.316 e. The van der Waals surface area contributed by atoms with Crippen LogP contribution in [0.2, 0.25) is 0 Å². The molecule has 0 atom stereocenters. The molecule has 6 heteroatoms. The molecule has 1 fully saturated rings. The number of rotatable bonds is 6. The highest BCUT2D eigenvalue weighted by molar-refractivity contribution is 5.89. The smallest absolute Gasteiger partial charge is 0.316 e. The number of likely N-dealkylation sites (tertiary alicyclic amines) is 1. The summed E-state index contributed by atoms with van der Waals surface area (Å²) in [4.78, 5) is 19.0. The second-order valence-corrected chi connectivity index (χ2v) is 7.20. The van der Waals surface area contributed by atoms with Gasteiger partial charge in [0, 0.05) is 18.7 Å². The van der Waals surface area contributed by atoms with Crippen LogP contribution in [0, 0.1) is 5.92 Å². The maximum atomic E-state index is 12.3. The molecular formula is C22H24N4O2. The molecule has 0 radical (unpaired) electrons. The SMILES string of the molecule is O=C(NCC1CCN(Cc2ccccc2)CC1)c1nc(-c2ccccc2)no1. The molecule has 0 saturated carbocycles. The van der Waals surface area contributed by atoms with Crippen molar-refractivity contribution in [1.29, 1.82) is 0 Å². The third-order valence-electron chi connectivity index (χ3n) is 5.16. The highest BCUT2D eigenvalue weighted by Gasteiger charge is 2.21. The molecule has 144 valence electrons. The van der Waals surface area contributed by atoms with E-state index >= 15 is 0 Å². The molecule has 0 aliphatic carbocycles. The molecule has 1 amide bonds. The van der Waals surface area contributed by atoms with E-state index in [2.05, 4.69) is 44.6 Å². The molecule has 1 N–H and O–H groups in total. The number of hydrogen-bond acceptors (Lipinski definition) is 5. The summed E-state index contributed by atoms with van der Waals surface area (Å²) < 4.78 is 5.12. The second-order valence-electron chi connectivity index (χ2n) is 7.20. The second kappa shape index (κ2) is 8.80. The third kappa shape index (κ3) is 4.64. The van der Waals surface area contributed by atoms with Gasteiger partial charge >= 0.3 is 11.8 Å². The monoisotopic (exact) mass is 376 g/mol. The van der Waals surface area contributed by atoms with Crippen molar-refractivity contribution in [2.45, 2.75) is 19.4 Å². The fourth-order valence-corrected chi connectivity index (χ4v) is 3.52. The number of piperidine rings is 1. The minimum Gasteiger partial charge on any atom is -0.348 e. The Kier molecular flexibility index (Phi) is 5.77. The highest BCUT2D eigenvalue weighted by Crippen LogP contribution is 2.19. The molecule has 0 bridgehead atoms. The number of carbonyl (C=O) groups excluding carboxylic acids is 1. The van der Waals surface area contributed by atoms with Gasteiger partial charge in [-0.15, -0.1) is 0 Å². The van der Waals surface area contributed by atoms with E-state index in [9.17, 15) is 4.79 Å². The van der Waals surface area contributed by atoms with Gasteiger partial charge in [0.05, 0.1) is 0 Å². The summed E-state index contributed by atoms with van der Waals surface area (Å²) in [7, 11) is 0. The molecule has 0 spiro atoms. The maximum absolute atomic E-state index is 12.3. The Morgan fingerprint density at radius 2 is 1.71 bits per heavy atom. The van der Waals surface area contributed by atoms with Gasteiger partial charge in [0.25, 0.3) is 0 Å². The van der Waals surface area contributed by atoms with Gasteiger partial charge in [0.15, 0.2) is 0 Å². The molecular weight excluding hydrogens is 352 g/mol. The topological polar surface area (TPSA) is 71.3 Å². The fourth-order valence-electron chi connectivity index (χ4n) is 3.52. The van der Waals surface area contributed by atoms with E-state index in [1.165, 1.54) is 5.56 Å². The molecule has 6 nitrogen and oxygen atoms in total. The van der Waals surface area contributed by atoms with Gasteiger partial charge in [-0.2, -0.15) is 4.98 Å². The minimum absolute atomic E-state index is 0.0142. The first-order chi connectivity index (χ1) is 13.8. The zero-order valence-corrected chi connectivity index (χ0v) is 15.8. The molecule has 4 rings (SSSR count). The number of aromatic nitrogens is 2. The molecule has 1 aliphatic rings. The molecule has 28 heavy (non-hydrogen) atoms. The highest BCUT2D eigenvalue weighted by atomic mass is 16.5. The number of benzene rings is 2. The molecule has 3 aromatic rings. The summed E-state index contributed by atoms with van der Waals surface area (Å²) in [5.41, 5.74) is 2.18. The van der Waals surface area contributed by atoms with E-state index < -0.39 is 0 Å². The summed E-state index contributed by atoms with van der Waals surface area (Å²) in [5.74, 6) is 0.620. The lowest BCUT2D eigenvalue weighted by atomic mass is 9.96. The average Bonchev–Trinajstić information content (AvgIpc) is 3.25. The van der Waals surface area contributed by atoms with E-state index in [0.29, 0.717) is 18.3 Å². The van der Waals surface area contributed by atoms with Crippen LogP contribution < -0.4 is 5.32 Å². The van der Waals surface area contributed by atoms with Crippen LogP contribution in [0.3, 0.4) is 0 Å². The summed E-state index contributed by atoms with van der Waals surface area (Å²) in [6, 6.07) is 20.0. The largest absolute Gasteiger partial charge is 0.348 e.